The fraction of sp³-hybridized carbons (Fsp3) is 0.684. The Morgan fingerprint density at radius 1 is 0.857 bits per heavy atom. The summed E-state index contributed by atoms with van der Waals surface area (Å²) in [5.41, 5.74) is 3.62. The average Bonchev–Trinajstić information content (AvgIpc) is 2.43. The molecule has 0 radical (unpaired) electrons. The summed E-state index contributed by atoms with van der Waals surface area (Å²) in [5, 5.41) is 10.5. The molecule has 0 aromatic heterocycles. The van der Waals surface area contributed by atoms with E-state index in [0.29, 0.717) is 5.75 Å². The van der Waals surface area contributed by atoms with E-state index in [2.05, 4.69) is 45.0 Å². The minimum absolute atomic E-state index is 0.527. The van der Waals surface area contributed by atoms with Gasteiger partial charge in [0.2, 0.25) is 0 Å². The van der Waals surface area contributed by atoms with Gasteiger partial charge >= 0.3 is 0 Å². The monoisotopic (exact) mass is 291 g/mol. The predicted molar refractivity (Wildman–Crippen MR) is 92.0 cm³/mol. The van der Waals surface area contributed by atoms with E-state index >= 15 is 0 Å². The molecule has 0 aliphatic heterocycles. The first-order chi connectivity index (χ1) is 10.1. The van der Waals surface area contributed by atoms with Crippen LogP contribution in [0.5, 0.6) is 5.75 Å². The van der Waals surface area contributed by atoms with Crippen molar-refractivity contribution in [3.05, 3.63) is 28.8 Å². The third kappa shape index (κ3) is 6.52. The Hall–Kier alpha value is -1.02. The Labute approximate surface area is 131 Å². The van der Waals surface area contributed by atoms with Gasteiger partial charge in [0.1, 0.15) is 5.75 Å². The number of phenols is 1. The van der Waals surface area contributed by atoms with Crippen LogP contribution in [-0.2, 0) is 19.4 Å². The molecule has 120 valence electrons. The number of hydrogen-bond acceptors (Lipinski definition) is 2. The highest BCUT2D eigenvalue weighted by atomic mass is 16.3. The molecule has 2 heteroatoms. The second-order valence-electron chi connectivity index (χ2n) is 6.41. The largest absolute Gasteiger partial charge is 0.507 e. The number of nitrogens with zero attached hydrogens (tertiary/aromatic N) is 1. The summed E-state index contributed by atoms with van der Waals surface area (Å²) in [6.07, 6.45) is 9.56. The highest BCUT2D eigenvalue weighted by molar-refractivity contribution is 5.44. The van der Waals surface area contributed by atoms with Crippen molar-refractivity contribution >= 4 is 0 Å². The van der Waals surface area contributed by atoms with E-state index in [4.69, 9.17) is 0 Å². The van der Waals surface area contributed by atoms with Crippen LogP contribution in [0.2, 0.25) is 0 Å². The zero-order valence-corrected chi connectivity index (χ0v) is 14.4. The SMILES string of the molecule is CCCCCc1cc(CCCCC)c(O)c(CN(C)C)c1. The Balaban J connectivity index is 2.88. The fourth-order valence-corrected chi connectivity index (χ4v) is 2.77. The molecule has 1 aromatic carbocycles. The van der Waals surface area contributed by atoms with Gasteiger partial charge in [-0.25, -0.2) is 0 Å². The van der Waals surface area contributed by atoms with Crippen LogP contribution in [0, 0.1) is 0 Å². The molecule has 0 aliphatic rings. The molecule has 1 rings (SSSR count). The van der Waals surface area contributed by atoms with Gasteiger partial charge in [-0.15, -0.1) is 0 Å². The minimum Gasteiger partial charge on any atom is -0.507 e. The molecular formula is C19H33NO. The highest BCUT2D eigenvalue weighted by Crippen LogP contribution is 2.28. The maximum atomic E-state index is 10.5. The summed E-state index contributed by atoms with van der Waals surface area (Å²) in [6, 6.07) is 4.44. The van der Waals surface area contributed by atoms with Gasteiger partial charge in [-0.3, -0.25) is 0 Å². The third-order valence-corrected chi connectivity index (χ3v) is 3.93. The van der Waals surface area contributed by atoms with Gasteiger partial charge in [0.15, 0.2) is 0 Å². The lowest BCUT2D eigenvalue weighted by molar-refractivity contribution is 0.383. The number of aromatic hydroxyl groups is 1. The van der Waals surface area contributed by atoms with Crippen molar-refractivity contribution in [2.75, 3.05) is 14.1 Å². The first-order valence-electron chi connectivity index (χ1n) is 8.56. The molecule has 0 saturated heterocycles. The van der Waals surface area contributed by atoms with Crippen molar-refractivity contribution in [3.63, 3.8) is 0 Å². The van der Waals surface area contributed by atoms with Crippen molar-refractivity contribution in [3.8, 4) is 5.75 Å². The van der Waals surface area contributed by atoms with Crippen molar-refractivity contribution in [2.24, 2.45) is 0 Å². The standard InChI is InChI=1S/C19H33NO/c1-5-7-9-11-16-13-17(12-10-8-6-2)19(21)18(14-16)15-20(3)4/h13-14,21H,5-12,15H2,1-4H3. The predicted octanol–water partition coefficient (Wildman–Crippen LogP) is 4.92. The smallest absolute Gasteiger partial charge is 0.123 e. The van der Waals surface area contributed by atoms with Crippen LogP contribution >= 0.6 is 0 Å². The molecule has 0 aliphatic carbocycles. The molecule has 21 heavy (non-hydrogen) atoms. The summed E-state index contributed by atoms with van der Waals surface area (Å²) < 4.78 is 0. The van der Waals surface area contributed by atoms with E-state index in [1.165, 1.54) is 44.1 Å². The van der Waals surface area contributed by atoms with Crippen LogP contribution in [-0.4, -0.2) is 24.1 Å². The van der Waals surface area contributed by atoms with E-state index < -0.39 is 0 Å². The molecule has 0 unspecified atom stereocenters. The molecule has 0 bridgehead atoms. The van der Waals surface area contributed by atoms with Crippen LogP contribution < -0.4 is 0 Å². The Morgan fingerprint density at radius 3 is 2.00 bits per heavy atom. The van der Waals surface area contributed by atoms with E-state index in [9.17, 15) is 5.11 Å². The Kier molecular flexibility index (Phi) is 8.44. The van der Waals surface area contributed by atoms with Gasteiger partial charge in [-0.05, 0) is 50.9 Å². The maximum Gasteiger partial charge on any atom is 0.123 e. The Bertz CT molecular complexity index is 412. The van der Waals surface area contributed by atoms with Gasteiger partial charge in [-0.2, -0.15) is 0 Å². The average molecular weight is 291 g/mol. The number of benzene rings is 1. The van der Waals surface area contributed by atoms with Crippen LogP contribution in [0.4, 0.5) is 0 Å². The summed E-state index contributed by atoms with van der Waals surface area (Å²) in [6.45, 7) is 5.28. The van der Waals surface area contributed by atoms with Crippen molar-refractivity contribution < 1.29 is 5.11 Å². The van der Waals surface area contributed by atoms with Crippen LogP contribution in [0.25, 0.3) is 0 Å². The summed E-state index contributed by atoms with van der Waals surface area (Å²) >= 11 is 0. The maximum absolute atomic E-state index is 10.5. The molecule has 0 fully saturated rings. The van der Waals surface area contributed by atoms with Crippen molar-refractivity contribution in [1.82, 2.24) is 4.90 Å². The molecule has 1 N–H and O–H groups in total. The summed E-state index contributed by atoms with van der Waals surface area (Å²) in [5.74, 6) is 0.527. The summed E-state index contributed by atoms with van der Waals surface area (Å²) in [7, 11) is 4.11. The zero-order chi connectivity index (χ0) is 15.7. The van der Waals surface area contributed by atoms with Crippen LogP contribution in [0.15, 0.2) is 12.1 Å². The first-order valence-corrected chi connectivity index (χ1v) is 8.56. The zero-order valence-electron chi connectivity index (χ0n) is 14.4. The molecule has 0 atom stereocenters. The van der Waals surface area contributed by atoms with Crippen molar-refractivity contribution in [2.45, 2.75) is 71.8 Å². The van der Waals surface area contributed by atoms with Gasteiger partial charge in [0, 0.05) is 12.1 Å². The molecule has 1 aromatic rings. The number of unbranched alkanes of at least 4 members (excludes halogenated alkanes) is 4. The van der Waals surface area contributed by atoms with Gasteiger partial charge in [-0.1, -0.05) is 51.7 Å². The molecule has 2 nitrogen and oxygen atoms in total. The van der Waals surface area contributed by atoms with Crippen LogP contribution in [0.3, 0.4) is 0 Å². The number of hydrogen-bond donors (Lipinski definition) is 1. The normalized spacial score (nSPS) is 11.3. The molecular weight excluding hydrogens is 258 g/mol. The number of phenolic OH excluding ortho intramolecular Hbond substituents is 1. The van der Waals surface area contributed by atoms with E-state index in [1.807, 2.05) is 0 Å². The first kappa shape index (κ1) is 18.0. The lowest BCUT2D eigenvalue weighted by Gasteiger charge is -2.16. The summed E-state index contributed by atoms with van der Waals surface area (Å²) in [4.78, 5) is 2.13. The number of aryl methyl sites for hydroxylation is 2. The lowest BCUT2D eigenvalue weighted by Crippen LogP contribution is -2.11. The second-order valence-corrected chi connectivity index (χ2v) is 6.41. The molecule has 0 saturated carbocycles. The minimum atomic E-state index is 0.527. The van der Waals surface area contributed by atoms with E-state index in [1.54, 1.807) is 0 Å². The van der Waals surface area contributed by atoms with Gasteiger partial charge < -0.3 is 10.0 Å². The van der Waals surface area contributed by atoms with Gasteiger partial charge in [0.05, 0.1) is 0 Å². The molecule has 0 spiro atoms. The quantitative estimate of drug-likeness (QED) is 0.619. The fourth-order valence-electron chi connectivity index (χ4n) is 2.77. The van der Waals surface area contributed by atoms with Gasteiger partial charge in [0.25, 0.3) is 0 Å². The van der Waals surface area contributed by atoms with E-state index in [0.717, 1.165) is 30.5 Å². The van der Waals surface area contributed by atoms with E-state index in [-0.39, 0.29) is 0 Å². The second kappa shape index (κ2) is 9.83. The molecule has 0 heterocycles. The van der Waals surface area contributed by atoms with Crippen LogP contribution in [0.1, 0.15) is 69.1 Å². The lowest BCUT2D eigenvalue weighted by atomic mass is 9.96. The highest BCUT2D eigenvalue weighted by Gasteiger charge is 2.11. The molecule has 0 amide bonds. The number of rotatable bonds is 10. The third-order valence-electron chi connectivity index (χ3n) is 3.93. The Morgan fingerprint density at radius 2 is 1.43 bits per heavy atom. The topological polar surface area (TPSA) is 23.5 Å². The van der Waals surface area contributed by atoms with Crippen molar-refractivity contribution in [1.29, 1.82) is 0 Å².